The Bertz CT molecular complexity index is 1080. The third kappa shape index (κ3) is 4.65. The summed E-state index contributed by atoms with van der Waals surface area (Å²) in [7, 11) is 0. The lowest BCUT2D eigenvalue weighted by atomic mass is 10.1. The van der Waals surface area contributed by atoms with E-state index in [9.17, 15) is 14.7 Å². The first-order valence-corrected chi connectivity index (χ1v) is 9.97. The van der Waals surface area contributed by atoms with Crippen LogP contribution in [0, 0.1) is 0 Å². The molecule has 1 aliphatic heterocycles. The first kappa shape index (κ1) is 20.4. The third-order valence-electron chi connectivity index (χ3n) is 5.12. The highest BCUT2D eigenvalue weighted by molar-refractivity contribution is 5.98. The highest BCUT2D eigenvalue weighted by atomic mass is 16.3. The van der Waals surface area contributed by atoms with Gasteiger partial charge in [-0.1, -0.05) is 30.3 Å². The Morgan fingerprint density at radius 1 is 1.06 bits per heavy atom. The summed E-state index contributed by atoms with van der Waals surface area (Å²) in [5.41, 5.74) is 7.99. The highest BCUT2D eigenvalue weighted by Crippen LogP contribution is 2.25. The molecule has 8 heteroatoms. The molecule has 0 radical (unpaired) electrons. The van der Waals surface area contributed by atoms with Gasteiger partial charge in [-0.25, -0.2) is 4.98 Å². The zero-order chi connectivity index (χ0) is 21.8. The predicted octanol–water partition coefficient (Wildman–Crippen LogP) is 2.87. The number of carbonyl (C=O) groups is 2. The second-order valence-electron chi connectivity index (χ2n) is 7.29. The molecule has 1 aliphatic rings. The molecule has 2 amide bonds. The molecule has 0 unspecified atom stereocenters. The Morgan fingerprint density at radius 3 is 2.39 bits per heavy atom. The van der Waals surface area contributed by atoms with Crippen molar-refractivity contribution in [1.82, 2.24) is 9.88 Å². The lowest BCUT2D eigenvalue weighted by Crippen LogP contribution is -2.41. The summed E-state index contributed by atoms with van der Waals surface area (Å²) >= 11 is 0. The average Bonchev–Trinajstić information content (AvgIpc) is 2.73. The maximum Gasteiger partial charge on any atom is 0.253 e. The number of carbonyl (C=O) groups excluding carboxylic acids is 2. The number of hydrogen-bond donors (Lipinski definition) is 4. The summed E-state index contributed by atoms with van der Waals surface area (Å²) in [6.45, 7) is 1.61. The van der Waals surface area contributed by atoms with Gasteiger partial charge in [-0.3, -0.25) is 9.59 Å². The number of nitrogens with two attached hydrogens (primary N) is 1. The van der Waals surface area contributed by atoms with Crippen molar-refractivity contribution in [3.8, 4) is 0 Å². The van der Waals surface area contributed by atoms with Gasteiger partial charge in [0.05, 0.1) is 11.3 Å². The molecule has 8 nitrogen and oxygen atoms in total. The number of aliphatic hydroxyl groups is 1. The van der Waals surface area contributed by atoms with Gasteiger partial charge in [-0.15, -0.1) is 0 Å². The molecule has 2 heterocycles. The van der Waals surface area contributed by atoms with Gasteiger partial charge in [-0.05, 0) is 30.7 Å². The van der Waals surface area contributed by atoms with Crippen molar-refractivity contribution < 1.29 is 14.7 Å². The number of anilines is 3. The number of rotatable bonds is 7. The highest BCUT2D eigenvalue weighted by Gasteiger charge is 2.21. The van der Waals surface area contributed by atoms with Gasteiger partial charge in [0.1, 0.15) is 5.82 Å². The van der Waals surface area contributed by atoms with Crippen LogP contribution in [0.5, 0.6) is 0 Å². The standard InChI is InChI=1S/C23H23N5O3/c24-21(29)18-14-25-20(13-19(18)27-22(30)15-5-2-1-3-6-15)26-17-9-7-16(8-10-17)23(31)28-11-4-12-28/h1-3,5-10,13-14,22,30H,4,11-12H2,(H2,24,29)(H2,25,26,27)/t22-/m1/s1. The summed E-state index contributed by atoms with van der Waals surface area (Å²) in [4.78, 5) is 30.1. The van der Waals surface area contributed by atoms with E-state index in [1.807, 2.05) is 23.1 Å². The number of hydrogen-bond acceptors (Lipinski definition) is 6. The molecule has 4 rings (SSSR count). The number of primary amides is 1. The van der Waals surface area contributed by atoms with Gasteiger partial charge in [0, 0.05) is 42.2 Å². The molecule has 0 saturated carbocycles. The predicted molar refractivity (Wildman–Crippen MR) is 118 cm³/mol. The van der Waals surface area contributed by atoms with Gasteiger partial charge in [0.15, 0.2) is 6.23 Å². The fourth-order valence-corrected chi connectivity index (χ4v) is 3.25. The van der Waals surface area contributed by atoms with Gasteiger partial charge < -0.3 is 26.4 Å². The maximum atomic E-state index is 12.3. The van der Waals surface area contributed by atoms with Gasteiger partial charge in [0.2, 0.25) is 0 Å². The quantitative estimate of drug-likeness (QED) is 0.439. The van der Waals surface area contributed by atoms with E-state index in [-0.39, 0.29) is 11.5 Å². The van der Waals surface area contributed by atoms with Crippen LogP contribution >= 0.6 is 0 Å². The lowest BCUT2D eigenvalue weighted by Gasteiger charge is -2.30. The van der Waals surface area contributed by atoms with E-state index < -0.39 is 12.1 Å². The zero-order valence-electron chi connectivity index (χ0n) is 16.8. The summed E-state index contributed by atoms with van der Waals surface area (Å²) in [6.07, 6.45) is 1.38. The molecule has 0 aliphatic carbocycles. The van der Waals surface area contributed by atoms with E-state index in [0.29, 0.717) is 22.6 Å². The smallest absolute Gasteiger partial charge is 0.253 e. The molecule has 1 aromatic heterocycles. The van der Waals surface area contributed by atoms with Crippen LogP contribution < -0.4 is 16.4 Å². The number of nitrogens with one attached hydrogen (secondary N) is 2. The minimum absolute atomic E-state index is 0.0307. The third-order valence-corrected chi connectivity index (χ3v) is 5.12. The van der Waals surface area contributed by atoms with E-state index in [0.717, 1.165) is 25.2 Å². The molecule has 3 aromatic rings. The summed E-state index contributed by atoms with van der Waals surface area (Å²) in [6, 6.07) is 17.7. The molecule has 31 heavy (non-hydrogen) atoms. The molecule has 2 aromatic carbocycles. The first-order chi connectivity index (χ1) is 15.0. The number of nitrogens with zero attached hydrogens (tertiary/aromatic N) is 2. The van der Waals surface area contributed by atoms with E-state index >= 15 is 0 Å². The summed E-state index contributed by atoms with van der Waals surface area (Å²) in [5.74, 6) is -0.173. The van der Waals surface area contributed by atoms with Crippen LogP contribution in [-0.4, -0.2) is 39.9 Å². The fraction of sp³-hybridized carbons (Fsp3) is 0.174. The van der Waals surface area contributed by atoms with Gasteiger partial charge in [0.25, 0.3) is 11.8 Å². The topological polar surface area (TPSA) is 121 Å². The molecule has 0 spiro atoms. The van der Waals surface area contributed by atoms with Crippen LogP contribution in [0.2, 0.25) is 0 Å². The van der Waals surface area contributed by atoms with Crippen molar-refractivity contribution in [3.63, 3.8) is 0 Å². The van der Waals surface area contributed by atoms with Crippen LogP contribution in [0.3, 0.4) is 0 Å². The van der Waals surface area contributed by atoms with Crippen molar-refractivity contribution in [1.29, 1.82) is 0 Å². The van der Waals surface area contributed by atoms with E-state index in [1.165, 1.54) is 6.20 Å². The summed E-state index contributed by atoms with van der Waals surface area (Å²) in [5, 5.41) is 16.5. The minimum Gasteiger partial charge on any atom is -0.369 e. The number of aromatic nitrogens is 1. The number of likely N-dealkylation sites (tertiary alicyclic amines) is 1. The zero-order valence-corrected chi connectivity index (χ0v) is 16.8. The minimum atomic E-state index is -1.03. The van der Waals surface area contributed by atoms with Crippen LogP contribution in [-0.2, 0) is 0 Å². The van der Waals surface area contributed by atoms with Crippen molar-refractivity contribution in [3.05, 3.63) is 83.6 Å². The SMILES string of the molecule is NC(=O)c1cnc(Nc2ccc(C(=O)N3CCC3)cc2)cc1N[C@H](O)c1ccccc1. The van der Waals surface area contributed by atoms with Crippen LogP contribution in [0.1, 0.15) is 38.9 Å². The van der Waals surface area contributed by atoms with Crippen LogP contribution in [0.25, 0.3) is 0 Å². The maximum absolute atomic E-state index is 12.3. The molecule has 158 valence electrons. The Kier molecular flexibility index (Phi) is 5.81. The van der Waals surface area contributed by atoms with Crippen molar-refractivity contribution in [2.75, 3.05) is 23.7 Å². The van der Waals surface area contributed by atoms with Crippen molar-refractivity contribution in [2.45, 2.75) is 12.6 Å². The van der Waals surface area contributed by atoms with Crippen molar-refractivity contribution >= 4 is 29.0 Å². The van der Waals surface area contributed by atoms with E-state index in [4.69, 9.17) is 5.73 Å². The van der Waals surface area contributed by atoms with Crippen molar-refractivity contribution in [2.24, 2.45) is 5.73 Å². The van der Waals surface area contributed by atoms with Crippen LogP contribution in [0.15, 0.2) is 66.9 Å². The molecule has 1 atom stereocenters. The van der Waals surface area contributed by atoms with Gasteiger partial charge in [-0.2, -0.15) is 0 Å². The molecule has 0 bridgehead atoms. The first-order valence-electron chi connectivity index (χ1n) is 9.97. The number of amides is 2. The normalized spacial score (nSPS) is 13.8. The molecule has 5 N–H and O–H groups in total. The molecular formula is C23H23N5O3. The second-order valence-corrected chi connectivity index (χ2v) is 7.29. The monoisotopic (exact) mass is 417 g/mol. The Morgan fingerprint density at radius 2 is 1.77 bits per heavy atom. The fourth-order valence-electron chi connectivity index (χ4n) is 3.25. The average molecular weight is 417 g/mol. The largest absolute Gasteiger partial charge is 0.369 e. The molecule has 1 saturated heterocycles. The molecule has 1 fully saturated rings. The number of benzene rings is 2. The van der Waals surface area contributed by atoms with Gasteiger partial charge >= 0.3 is 0 Å². The Labute approximate surface area is 179 Å². The van der Waals surface area contributed by atoms with E-state index in [2.05, 4.69) is 15.6 Å². The Balaban J connectivity index is 1.51. The second kappa shape index (κ2) is 8.85. The lowest BCUT2D eigenvalue weighted by molar-refractivity contribution is 0.0651. The van der Waals surface area contributed by atoms with E-state index in [1.54, 1.807) is 42.5 Å². The Hall–Kier alpha value is -3.91. The van der Waals surface area contributed by atoms with Crippen LogP contribution in [0.4, 0.5) is 17.2 Å². The number of pyridine rings is 1. The molecular weight excluding hydrogens is 394 g/mol. The number of aliphatic hydroxyl groups excluding tert-OH is 1. The summed E-state index contributed by atoms with van der Waals surface area (Å²) < 4.78 is 0.